The summed E-state index contributed by atoms with van der Waals surface area (Å²) in [5.41, 5.74) is -1.23. The van der Waals surface area contributed by atoms with Crippen molar-refractivity contribution in [2.45, 2.75) is 66.6 Å². The van der Waals surface area contributed by atoms with Gasteiger partial charge in [-0.3, -0.25) is 4.79 Å². The molecule has 0 heterocycles. The van der Waals surface area contributed by atoms with Crippen molar-refractivity contribution in [3.8, 4) is 0 Å². The first kappa shape index (κ1) is 16.9. The third kappa shape index (κ3) is 6.03. The lowest BCUT2D eigenvalue weighted by atomic mass is 10.1. The monoisotopic (exact) mass is 258 g/mol. The molecular weight excluding hydrogens is 232 g/mol. The molecule has 4 heteroatoms. The minimum atomic E-state index is -1.23. The Morgan fingerprint density at radius 3 is 1.94 bits per heavy atom. The molecule has 106 valence electrons. The van der Waals surface area contributed by atoms with Gasteiger partial charge in [0.1, 0.15) is 0 Å². The van der Waals surface area contributed by atoms with Crippen molar-refractivity contribution in [2.75, 3.05) is 0 Å². The van der Waals surface area contributed by atoms with E-state index in [-0.39, 0.29) is 12.0 Å². The van der Waals surface area contributed by atoms with Crippen molar-refractivity contribution in [3.63, 3.8) is 0 Å². The number of rotatable bonds is 6. The number of carbonyl (C=O) groups excluding carboxylic acids is 2. The summed E-state index contributed by atoms with van der Waals surface area (Å²) in [5, 5.41) is 0. The van der Waals surface area contributed by atoms with Gasteiger partial charge in [-0.2, -0.15) is 0 Å². The van der Waals surface area contributed by atoms with Crippen LogP contribution < -0.4 is 0 Å². The van der Waals surface area contributed by atoms with Gasteiger partial charge < -0.3 is 9.47 Å². The Morgan fingerprint density at radius 2 is 1.56 bits per heavy atom. The Kier molecular flexibility index (Phi) is 6.36. The first-order valence-electron chi connectivity index (χ1n) is 6.50. The van der Waals surface area contributed by atoms with Crippen LogP contribution in [0.1, 0.15) is 54.9 Å². The van der Waals surface area contributed by atoms with Crippen LogP contribution in [0.5, 0.6) is 0 Å². The van der Waals surface area contributed by atoms with E-state index < -0.39 is 17.5 Å². The topological polar surface area (TPSA) is 52.6 Å². The fourth-order valence-corrected chi connectivity index (χ4v) is 1.45. The minimum Gasteiger partial charge on any atom is -0.460 e. The van der Waals surface area contributed by atoms with Crippen LogP contribution in [-0.4, -0.2) is 23.6 Å². The van der Waals surface area contributed by atoms with E-state index in [0.29, 0.717) is 5.92 Å². The van der Waals surface area contributed by atoms with Crippen molar-refractivity contribution in [2.24, 2.45) is 11.8 Å². The van der Waals surface area contributed by atoms with E-state index in [4.69, 9.17) is 9.47 Å². The van der Waals surface area contributed by atoms with E-state index in [1.807, 2.05) is 6.92 Å². The Morgan fingerprint density at radius 1 is 1.06 bits per heavy atom. The van der Waals surface area contributed by atoms with Crippen LogP contribution in [0.4, 0.5) is 0 Å². The molecule has 4 nitrogen and oxygen atoms in total. The molecule has 0 aliphatic carbocycles. The summed E-state index contributed by atoms with van der Waals surface area (Å²) in [7, 11) is 0. The summed E-state index contributed by atoms with van der Waals surface area (Å²) in [6.07, 6.45) is 0.620. The second-order valence-electron chi connectivity index (χ2n) is 5.93. The molecule has 0 N–H and O–H groups in total. The molecule has 18 heavy (non-hydrogen) atoms. The third-order valence-corrected chi connectivity index (χ3v) is 2.43. The smallest absolute Gasteiger partial charge is 0.350 e. The normalized spacial score (nSPS) is 13.6. The van der Waals surface area contributed by atoms with Gasteiger partial charge in [0.15, 0.2) is 0 Å². The molecule has 0 aliphatic heterocycles. The Balaban J connectivity index is 4.43. The molecule has 0 spiro atoms. The molecule has 0 saturated heterocycles. The molecule has 0 fully saturated rings. The average Bonchev–Trinajstić information content (AvgIpc) is 2.14. The van der Waals surface area contributed by atoms with Crippen molar-refractivity contribution in [3.05, 3.63) is 0 Å². The first-order chi connectivity index (χ1) is 8.06. The van der Waals surface area contributed by atoms with Crippen molar-refractivity contribution >= 4 is 11.9 Å². The highest BCUT2D eigenvalue weighted by Crippen LogP contribution is 2.17. The highest BCUT2D eigenvalue weighted by molar-refractivity contribution is 5.83. The van der Waals surface area contributed by atoms with E-state index in [0.717, 1.165) is 6.42 Å². The Labute approximate surface area is 110 Å². The van der Waals surface area contributed by atoms with Gasteiger partial charge in [-0.25, -0.2) is 4.79 Å². The number of ether oxygens (including phenoxy) is 2. The number of carbonyl (C=O) groups is 2. The highest BCUT2D eigenvalue weighted by Gasteiger charge is 2.35. The first-order valence-corrected chi connectivity index (χ1v) is 6.50. The van der Waals surface area contributed by atoms with Crippen molar-refractivity contribution in [1.82, 2.24) is 0 Å². The maximum absolute atomic E-state index is 11.9. The molecule has 0 aromatic heterocycles. The molecule has 1 atom stereocenters. The van der Waals surface area contributed by atoms with Gasteiger partial charge in [-0.15, -0.1) is 0 Å². The van der Waals surface area contributed by atoms with Crippen LogP contribution in [0.25, 0.3) is 0 Å². The lowest BCUT2D eigenvalue weighted by Crippen LogP contribution is -2.41. The summed E-state index contributed by atoms with van der Waals surface area (Å²) < 4.78 is 10.4. The SMILES string of the molecule is CC(C)CC(C)OC(=O)C(C)(C)OC(=O)C(C)C. The molecule has 0 aliphatic rings. The summed E-state index contributed by atoms with van der Waals surface area (Å²) in [4.78, 5) is 23.4. The van der Waals surface area contributed by atoms with Crippen LogP contribution >= 0.6 is 0 Å². The lowest BCUT2D eigenvalue weighted by Gasteiger charge is -2.26. The summed E-state index contributed by atoms with van der Waals surface area (Å²) in [6, 6.07) is 0. The van der Waals surface area contributed by atoms with Crippen LogP contribution in [0.3, 0.4) is 0 Å². The van der Waals surface area contributed by atoms with Crippen molar-refractivity contribution < 1.29 is 19.1 Å². The molecule has 0 bridgehead atoms. The van der Waals surface area contributed by atoms with E-state index in [9.17, 15) is 9.59 Å². The lowest BCUT2D eigenvalue weighted by molar-refractivity contribution is -0.184. The van der Waals surface area contributed by atoms with Crippen LogP contribution in [0, 0.1) is 11.8 Å². The maximum atomic E-state index is 11.9. The molecule has 0 aromatic rings. The Bertz CT molecular complexity index is 292. The molecule has 0 rings (SSSR count). The van der Waals surface area contributed by atoms with Gasteiger partial charge in [0.2, 0.25) is 5.60 Å². The van der Waals surface area contributed by atoms with E-state index in [1.165, 1.54) is 0 Å². The molecular formula is C14H26O4. The Hall–Kier alpha value is -1.06. The molecule has 1 unspecified atom stereocenters. The van der Waals surface area contributed by atoms with Crippen LogP contribution in [0.15, 0.2) is 0 Å². The van der Waals surface area contributed by atoms with Crippen LogP contribution in [-0.2, 0) is 19.1 Å². The predicted octanol–water partition coefficient (Wildman–Crippen LogP) is 2.94. The molecule has 0 saturated carbocycles. The third-order valence-electron chi connectivity index (χ3n) is 2.43. The number of hydrogen-bond donors (Lipinski definition) is 0. The fourth-order valence-electron chi connectivity index (χ4n) is 1.45. The minimum absolute atomic E-state index is 0.172. The van der Waals surface area contributed by atoms with Crippen LogP contribution in [0.2, 0.25) is 0 Å². The summed E-state index contributed by atoms with van der Waals surface area (Å²) in [6.45, 7) is 12.5. The summed E-state index contributed by atoms with van der Waals surface area (Å²) >= 11 is 0. The number of hydrogen-bond acceptors (Lipinski definition) is 4. The van der Waals surface area contributed by atoms with Gasteiger partial charge in [0.25, 0.3) is 0 Å². The second kappa shape index (κ2) is 6.76. The van der Waals surface area contributed by atoms with Crippen molar-refractivity contribution in [1.29, 1.82) is 0 Å². The zero-order valence-corrected chi connectivity index (χ0v) is 12.6. The summed E-state index contributed by atoms with van der Waals surface area (Å²) in [5.74, 6) is -0.697. The fraction of sp³-hybridized carbons (Fsp3) is 0.857. The van der Waals surface area contributed by atoms with Gasteiger partial charge in [0.05, 0.1) is 12.0 Å². The van der Waals surface area contributed by atoms with Gasteiger partial charge in [0, 0.05) is 0 Å². The number of esters is 2. The maximum Gasteiger partial charge on any atom is 0.350 e. The van der Waals surface area contributed by atoms with E-state index >= 15 is 0 Å². The van der Waals surface area contributed by atoms with Gasteiger partial charge >= 0.3 is 11.9 Å². The molecule has 0 radical (unpaired) electrons. The zero-order valence-electron chi connectivity index (χ0n) is 12.6. The second-order valence-corrected chi connectivity index (χ2v) is 5.93. The predicted molar refractivity (Wildman–Crippen MR) is 70.0 cm³/mol. The quantitative estimate of drug-likeness (QED) is 0.687. The molecule has 0 amide bonds. The van der Waals surface area contributed by atoms with Gasteiger partial charge in [-0.1, -0.05) is 27.7 Å². The molecule has 0 aromatic carbocycles. The largest absolute Gasteiger partial charge is 0.460 e. The van der Waals surface area contributed by atoms with E-state index in [2.05, 4.69) is 13.8 Å². The van der Waals surface area contributed by atoms with E-state index in [1.54, 1.807) is 27.7 Å². The van der Waals surface area contributed by atoms with Gasteiger partial charge in [-0.05, 0) is 33.1 Å². The zero-order chi connectivity index (χ0) is 14.5. The highest BCUT2D eigenvalue weighted by atomic mass is 16.6. The average molecular weight is 258 g/mol. The standard InChI is InChI=1S/C14H26O4/c1-9(2)8-11(5)17-13(16)14(6,7)18-12(15)10(3)4/h9-11H,8H2,1-7H3.